The van der Waals surface area contributed by atoms with Crippen LogP contribution in [0.4, 0.5) is 13.2 Å². The van der Waals surface area contributed by atoms with Gasteiger partial charge in [-0.2, -0.15) is 13.2 Å². The van der Waals surface area contributed by atoms with Crippen LogP contribution in [0.15, 0.2) is 28.7 Å². The molecule has 1 aromatic carbocycles. The third-order valence-corrected chi connectivity index (χ3v) is 2.46. The first-order chi connectivity index (χ1) is 7.19. The number of carboxylic acids is 1. The number of benzene rings is 1. The van der Waals surface area contributed by atoms with Crippen molar-refractivity contribution < 1.29 is 28.2 Å². The Balaban J connectivity index is 3.39. The second-order valence-corrected chi connectivity index (χ2v) is 3.94. The molecule has 1 rings (SSSR count). The standard InChI is InChI=1S/C9H6BrF3O3/c10-6-3-1-2-5(4-6)8(16,7(14)15)9(11,12)13/h1-4,16H,(H,14,15). The minimum atomic E-state index is -5.29. The first-order valence-corrected chi connectivity index (χ1v) is 4.77. The maximum Gasteiger partial charge on any atom is 0.432 e. The van der Waals surface area contributed by atoms with E-state index in [4.69, 9.17) is 5.11 Å². The summed E-state index contributed by atoms with van der Waals surface area (Å²) in [6.45, 7) is 0. The molecule has 0 spiro atoms. The number of aliphatic carboxylic acids is 1. The maximum absolute atomic E-state index is 12.5. The van der Waals surface area contributed by atoms with E-state index in [1.807, 2.05) is 0 Å². The van der Waals surface area contributed by atoms with Crippen LogP contribution in [0.3, 0.4) is 0 Å². The van der Waals surface area contributed by atoms with Gasteiger partial charge in [0.2, 0.25) is 0 Å². The Labute approximate surface area is 96.6 Å². The number of halogens is 4. The third-order valence-electron chi connectivity index (χ3n) is 1.96. The Morgan fingerprint density at radius 3 is 2.25 bits per heavy atom. The first-order valence-electron chi connectivity index (χ1n) is 3.98. The number of hydrogen-bond acceptors (Lipinski definition) is 2. The van der Waals surface area contributed by atoms with E-state index in [2.05, 4.69) is 15.9 Å². The van der Waals surface area contributed by atoms with Gasteiger partial charge in [-0.1, -0.05) is 28.1 Å². The van der Waals surface area contributed by atoms with Crippen molar-refractivity contribution in [2.45, 2.75) is 11.8 Å². The van der Waals surface area contributed by atoms with Gasteiger partial charge >= 0.3 is 12.1 Å². The molecule has 0 heterocycles. The molecule has 0 radical (unpaired) electrons. The number of rotatable bonds is 2. The quantitative estimate of drug-likeness (QED) is 0.881. The molecule has 0 bridgehead atoms. The molecule has 16 heavy (non-hydrogen) atoms. The summed E-state index contributed by atoms with van der Waals surface area (Å²) in [5.41, 5.74) is -4.64. The van der Waals surface area contributed by atoms with Crippen LogP contribution in [-0.2, 0) is 10.4 Å². The van der Waals surface area contributed by atoms with Crippen molar-refractivity contribution >= 4 is 21.9 Å². The van der Waals surface area contributed by atoms with Gasteiger partial charge in [0, 0.05) is 10.0 Å². The van der Waals surface area contributed by atoms with Gasteiger partial charge in [-0.15, -0.1) is 0 Å². The zero-order valence-corrected chi connectivity index (χ0v) is 9.21. The fraction of sp³-hybridized carbons (Fsp3) is 0.222. The van der Waals surface area contributed by atoms with Gasteiger partial charge < -0.3 is 10.2 Å². The Bertz CT molecular complexity index is 419. The predicted octanol–water partition coefficient (Wildman–Crippen LogP) is 2.28. The highest BCUT2D eigenvalue weighted by molar-refractivity contribution is 9.10. The van der Waals surface area contributed by atoms with Gasteiger partial charge in [-0.25, -0.2) is 4.79 Å². The number of alkyl halides is 3. The number of carbonyl (C=O) groups is 1. The largest absolute Gasteiger partial charge is 0.479 e. The summed E-state index contributed by atoms with van der Waals surface area (Å²) in [5, 5.41) is 17.8. The van der Waals surface area contributed by atoms with Gasteiger partial charge in [0.15, 0.2) is 0 Å². The molecule has 0 aliphatic carbocycles. The highest BCUT2D eigenvalue weighted by atomic mass is 79.9. The van der Waals surface area contributed by atoms with Gasteiger partial charge in [0.1, 0.15) is 0 Å². The van der Waals surface area contributed by atoms with Crippen LogP contribution in [0.5, 0.6) is 0 Å². The molecule has 1 aromatic rings. The van der Waals surface area contributed by atoms with E-state index >= 15 is 0 Å². The van der Waals surface area contributed by atoms with E-state index in [0.717, 1.165) is 12.1 Å². The molecule has 7 heteroatoms. The van der Waals surface area contributed by atoms with Gasteiger partial charge in [0.05, 0.1) is 0 Å². The third kappa shape index (κ3) is 2.05. The SMILES string of the molecule is O=C(O)C(O)(c1cccc(Br)c1)C(F)(F)F. The van der Waals surface area contributed by atoms with Crippen molar-refractivity contribution in [2.75, 3.05) is 0 Å². The molecule has 1 atom stereocenters. The van der Waals surface area contributed by atoms with Crippen LogP contribution in [0.1, 0.15) is 5.56 Å². The average molecular weight is 299 g/mol. The van der Waals surface area contributed by atoms with E-state index in [1.54, 1.807) is 0 Å². The Morgan fingerprint density at radius 2 is 1.88 bits per heavy atom. The topological polar surface area (TPSA) is 57.5 Å². The summed E-state index contributed by atoms with van der Waals surface area (Å²) in [6.07, 6.45) is -5.29. The lowest BCUT2D eigenvalue weighted by molar-refractivity contribution is -0.265. The van der Waals surface area contributed by atoms with E-state index < -0.39 is 23.3 Å². The summed E-state index contributed by atoms with van der Waals surface area (Å²) in [7, 11) is 0. The van der Waals surface area contributed by atoms with Crippen LogP contribution in [0, 0.1) is 0 Å². The highest BCUT2D eigenvalue weighted by Crippen LogP contribution is 2.39. The zero-order valence-electron chi connectivity index (χ0n) is 7.62. The van der Waals surface area contributed by atoms with Crippen LogP contribution >= 0.6 is 15.9 Å². The molecule has 0 fully saturated rings. The minimum Gasteiger partial charge on any atom is -0.479 e. The summed E-state index contributed by atoms with van der Waals surface area (Å²) in [6, 6.07) is 4.43. The van der Waals surface area contributed by atoms with Crippen molar-refractivity contribution in [1.82, 2.24) is 0 Å². The lowest BCUT2D eigenvalue weighted by Gasteiger charge is -2.26. The van der Waals surface area contributed by atoms with Crippen molar-refractivity contribution in [3.63, 3.8) is 0 Å². The molecule has 0 aliphatic heterocycles. The Kier molecular flexibility index (Phi) is 3.30. The van der Waals surface area contributed by atoms with Gasteiger partial charge in [-0.3, -0.25) is 0 Å². The summed E-state index contributed by atoms with van der Waals surface area (Å²) >= 11 is 2.90. The number of hydrogen-bond donors (Lipinski definition) is 2. The monoisotopic (exact) mass is 298 g/mol. The molecule has 0 saturated heterocycles. The fourth-order valence-electron chi connectivity index (χ4n) is 1.12. The molecule has 2 N–H and O–H groups in total. The van der Waals surface area contributed by atoms with Crippen LogP contribution in [0.2, 0.25) is 0 Å². The molecule has 0 amide bonds. The second-order valence-electron chi connectivity index (χ2n) is 3.02. The van der Waals surface area contributed by atoms with E-state index in [1.165, 1.54) is 12.1 Å². The molecule has 0 saturated carbocycles. The molecule has 0 aromatic heterocycles. The smallest absolute Gasteiger partial charge is 0.432 e. The molecule has 3 nitrogen and oxygen atoms in total. The van der Waals surface area contributed by atoms with E-state index in [-0.39, 0.29) is 4.47 Å². The summed E-state index contributed by atoms with van der Waals surface area (Å²) in [4.78, 5) is 10.6. The van der Waals surface area contributed by atoms with Crippen LogP contribution in [0.25, 0.3) is 0 Å². The molecule has 0 aliphatic rings. The number of carboxylic acid groups (broad SMARTS) is 1. The second kappa shape index (κ2) is 4.06. The average Bonchev–Trinajstić information content (AvgIpc) is 2.14. The number of aliphatic hydroxyl groups is 1. The van der Waals surface area contributed by atoms with Crippen LogP contribution in [-0.4, -0.2) is 22.4 Å². The lowest BCUT2D eigenvalue weighted by Crippen LogP contribution is -2.49. The molecular formula is C9H6BrF3O3. The van der Waals surface area contributed by atoms with Crippen molar-refractivity contribution in [2.24, 2.45) is 0 Å². The van der Waals surface area contributed by atoms with Crippen molar-refractivity contribution in [1.29, 1.82) is 0 Å². The first kappa shape index (κ1) is 13.0. The molecule has 88 valence electrons. The summed E-state index contributed by atoms with van der Waals surface area (Å²) < 4.78 is 37.8. The molecule has 1 unspecified atom stereocenters. The Morgan fingerprint density at radius 1 is 1.31 bits per heavy atom. The van der Waals surface area contributed by atoms with E-state index in [0.29, 0.717) is 0 Å². The maximum atomic E-state index is 12.5. The minimum absolute atomic E-state index is 0.244. The van der Waals surface area contributed by atoms with Crippen molar-refractivity contribution in [3.05, 3.63) is 34.3 Å². The van der Waals surface area contributed by atoms with Gasteiger partial charge in [0.25, 0.3) is 5.60 Å². The molecular weight excluding hydrogens is 293 g/mol. The normalized spacial score (nSPS) is 15.6. The fourth-order valence-corrected chi connectivity index (χ4v) is 1.52. The zero-order chi connectivity index (χ0) is 12.6. The lowest BCUT2D eigenvalue weighted by atomic mass is 9.93. The van der Waals surface area contributed by atoms with Gasteiger partial charge in [-0.05, 0) is 12.1 Å². The summed E-state index contributed by atoms with van der Waals surface area (Å²) in [5.74, 6) is -2.36. The Hall–Kier alpha value is -1.08. The van der Waals surface area contributed by atoms with Crippen LogP contribution < -0.4 is 0 Å². The van der Waals surface area contributed by atoms with Crippen molar-refractivity contribution in [3.8, 4) is 0 Å². The highest BCUT2D eigenvalue weighted by Gasteiger charge is 2.61. The van der Waals surface area contributed by atoms with E-state index in [9.17, 15) is 23.1 Å². The predicted molar refractivity (Wildman–Crippen MR) is 51.7 cm³/mol.